The maximum absolute atomic E-state index is 6.66. The number of hydrogen-bond acceptors (Lipinski definition) is 3. The van der Waals surface area contributed by atoms with E-state index in [1.165, 1.54) is 11.1 Å². The Morgan fingerprint density at radius 2 is 1.79 bits per heavy atom. The predicted molar refractivity (Wildman–Crippen MR) is 73.9 cm³/mol. The molecule has 1 spiro atoms. The lowest BCUT2D eigenvalue weighted by molar-refractivity contribution is -0.277. The van der Waals surface area contributed by atoms with E-state index in [1.54, 1.807) is 0 Å². The number of pyridine rings is 1. The summed E-state index contributed by atoms with van der Waals surface area (Å²) < 4.78 is 12.1. The summed E-state index contributed by atoms with van der Waals surface area (Å²) in [4.78, 5) is 4.65. The van der Waals surface area contributed by atoms with Gasteiger partial charge in [0.2, 0.25) is 0 Å². The second-order valence-corrected chi connectivity index (χ2v) is 6.54. The molecular weight excluding hydrogens is 238 g/mol. The molecule has 0 radical (unpaired) electrons. The third-order valence-electron chi connectivity index (χ3n) is 4.73. The number of aryl methyl sites for hydroxylation is 1. The highest BCUT2D eigenvalue weighted by Gasteiger charge is 2.61. The van der Waals surface area contributed by atoms with E-state index < -0.39 is 0 Å². The number of hydrogen-bond donors (Lipinski definition) is 0. The van der Waals surface area contributed by atoms with Crippen LogP contribution in [-0.2, 0) is 20.7 Å². The van der Waals surface area contributed by atoms with Crippen LogP contribution in [0.3, 0.4) is 0 Å². The van der Waals surface area contributed by atoms with Crippen LogP contribution in [0.4, 0.5) is 0 Å². The van der Waals surface area contributed by atoms with Gasteiger partial charge in [0.15, 0.2) is 5.60 Å². The quantitative estimate of drug-likeness (QED) is 0.819. The minimum absolute atomic E-state index is 0.239. The number of ether oxygens (including phenoxy) is 2. The molecule has 1 fully saturated rings. The van der Waals surface area contributed by atoms with Crippen LogP contribution in [0.5, 0.6) is 0 Å². The number of fused-ring (bicyclic) bond motifs is 2. The highest BCUT2D eigenvalue weighted by atomic mass is 16.6. The fourth-order valence-electron chi connectivity index (χ4n) is 3.78. The van der Waals surface area contributed by atoms with Crippen LogP contribution >= 0.6 is 0 Å². The van der Waals surface area contributed by atoms with Gasteiger partial charge in [-0.3, -0.25) is 4.98 Å². The van der Waals surface area contributed by atoms with Gasteiger partial charge in [0, 0.05) is 11.8 Å². The highest BCUT2D eigenvalue weighted by Crippen LogP contribution is 2.56. The molecule has 104 valence electrons. The van der Waals surface area contributed by atoms with Gasteiger partial charge in [-0.1, -0.05) is 27.7 Å². The van der Waals surface area contributed by atoms with Gasteiger partial charge in [-0.2, -0.15) is 0 Å². The van der Waals surface area contributed by atoms with Crippen molar-refractivity contribution in [2.24, 2.45) is 11.8 Å². The molecular formula is C16H23NO2. The van der Waals surface area contributed by atoms with Gasteiger partial charge in [-0.25, -0.2) is 0 Å². The monoisotopic (exact) mass is 261 g/mol. The zero-order valence-corrected chi connectivity index (χ0v) is 12.5. The zero-order valence-electron chi connectivity index (χ0n) is 12.5. The molecule has 2 aliphatic heterocycles. The van der Waals surface area contributed by atoms with Crippen LogP contribution < -0.4 is 0 Å². The van der Waals surface area contributed by atoms with Crippen LogP contribution in [0.15, 0.2) is 12.3 Å². The molecule has 0 aliphatic carbocycles. The number of nitrogens with zero attached hydrogens (tertiary/aromatic N) is 1. The summed E-state index contributed by atoms with van der Waals surface area (Å²) in [6.07, 6.45) is 1.90. The van der Waals surface area contributed by atoms with Crippen molar-refractivity contribution in [3.63, 3.8) is 0 Å². The van der Waals surface area contributed by atoms with E-state index in [9.17, 15) is 0 Å². The first-order chi connectivity index (χ1) is 8.94. The molecule has 2 aliphatic rings. The van der Waals surface area contributed by atoms with E-state index in [2.05, 4.69) is 45.7 Å². The maximum Gasteiger partial charge on any atom is 0.158 e. The van der Waals surface area contributed by atoms with Crippen LogP contribution in [0.2, 0.25) is 0 Å². The van der Waals surface area contributed by atoms with Crippen molar-refractivity contribution in [3.8, 4) is 0 Å². The second kappa shape index (κ2) is 4.03. The molecule has 0 saturated carbocycles. The lowest BCUT2D eigenvalue weighted by Crippen LogP contribution is -2.50. The molecule has 1 aromatic heterocycles. The van der Waals surface area contributed by atoms with Crippen molar-refractivity contribution in [2.45, 2.75) is 45.8 Å². The molecule has 19 heavy (non-hydrogen) atoms. The smallest absolute Gasteiger partial charge is 0.158 e. The third kappa shape index (κ3) is 1.49. The van der Waals surface area contributed by atoms with Gasteiger partial charge in [0.25, 0.3) is 0 Å². The first-order valence-corrected chi connectivity index (χ1v) is 7.18. The van der Waals surface area contributed by atoms with E-state index in [1.807, 2.05) is 6.20 Å². The zero-order chi connectivity index (χ0) is 13.8. The van der Waals surface area contributed by atoms with Crippen molar-refractivity contribution in [3.05, 3.63) is 29.1 Å². The van der Waals surface area contributed by atoms with Crippen LogP contribution in [0.1, 0.15) is 44.5 Å². The number of rotatable bonds is 2. The Morgan fingerprint density at radius 1 is 1.16 bits per heavy atom. The van der Waals surface area contributed by atoms with E-state index >= 15 is 0 Å². The van der Waals surface area contributed by atoms with Crippen LogP contribution in [0.25, 0.3) is 0 Å². The number of aromatic nitrogens is 1. The van der Waals surface area contributed by atoms with Crippen molar-refractivity contribution in [1.82, 2.24) is 4.98 Å². The molecule has 0 aromatic carbocycles. The summed E-state index contributed by atoms with van der Waals surface area (Å²) in [6.45, 7) is 12.4. The predicted octanol–water partition coefficient (Wildman–Crippen LogP) is 3.15. The summed E-state index contributed by atoms with van der Waals surface area (Å²) in [5.41, 5.74) is 3.17. The van der Waals surface area contributed by atoms with Gasteiger partial charge in [-0.15, -0.1) is 0 Å². The van der Waals surface area contributed by atoms with E-state index in [-0.39, 0.29) is 11.2 Å². The molecule has 3 heteroatoms. The molecule has 0 N–H and O–H groups in total. The third-order valence-corrected chi connectivity index (χ3v) is 4.73. The van der Waals surface area contributed by atoms with Gasteiger partial charge in [0.05, 0.1) is 18.9 Å². The summed E-state index contributed by atoms with van der Waals surface area (Å²) in [5.74, 6) is 0.822. The second-order valence-electron chi connectivity index (χ2n) is 6.54. The van der Waals surface area contributed by atoms with Crippen molar-refractivity contribution < 1.29 is 9.47 Å². The van der Waals surface area contributed by atoms with Gasteiger partial charge in [0.1, 0.15) is 5.60 Å². The van der Waals surface area contributed by atoms with Crippen molar-refractivity contribution >= 4 is 0 Å². The van der Waals surface area contributed by atoms with Gasteiger partial charge >= 0.3 is 0 Å². The van der Waals surface area contributed by atoms with Gasteiger partial charge in [-0.05, 0) is 30.4 Å². The van der Waals surface area contributed by atoms with E-state index in [4.69, 9.17) is 9.47 Å². The Morgan fingerprint density at radius 3 is 2.26 bits per heavy atom. The van der Waals surface area contributed by atoms with Crippen LogP contribution in [-0.4, -0.2) is 18.2 Å². The maximum atomic E-state index is 6.66. The van der Waals surface area contributed by atoms with E-state index in [0.717, 1.165) is 5.69 Å². The average Bonchev–Trinajstić information content (AvgIpc) is 2.62. The largest absolute Gasteiger partial charge is 0.374 e. The normalized spacial score (nSPS) is 22.9. The fourth-order valence-corrected chi connectivity index (χ4v) is 3.78. The molecule has 0 amide bonds. The molecule has 0 atom stereocenters. The molecule has 3 rings (SSSR count). The molecule has 0 bridgehead atoms. The van der Waals surface area contributed by atoms with Crippen LogP contribution in [0, 0.1) is 18.8 Å². The summed E-state index contributed by atoms with van der Waals surface area (Å²) in [6, 6.07) is 2.10. The minimum atomic E-state index is -0.296. The summed E-state index contributed by atoms with van der Waals surface area (Å²) in [7, 11) is 0. The Bertz CT molecular complexity index is 495. The first-order valence-electron chi connectivity index (χ1n) is 7.18. The Kier molecular flexibility index (Phi) is 2.77. The molecule has 0 unspecified atom stereocenters. The molecule has 1 saturated heterocycles. The topological polar surface area (TPSA) is 31.4 Å². The molecule has 3 nitrogen and oxygen atoms in total. The van der Waals surface area contributed by atoms with Crippen molar-refractivity contribution in [2.75, 3.05) is 13.2 Å². The standard InChI is InChI=1S/C16H23NO2/c1-10(2)16(11(3)4)13-12(5)6-7-17-14(13)15(19-16)8-18-9-15/h6-7,10-11H,8-9H2,1-5H3. The highest BCUT2D eigenvalue weighted by molar-refractivity contribution is 5.44. The van der Waals surface area contributed by atoms with E-state index in [0.29, 0.717) is 25.0 Å². The average molecular weight is 261 g/mol. The Labute approximate surface area is 115 Å². The minimum Gasteiger partial charge on any atom is -0.374 e. The van der Waals surface area contributed by atoms with Gasteiger partial charge < -0.3 is 9.47 Å². The summed E-state index contributed by atoms with van der Waals surface area (Å²) in [5, 5.41) is 0. The fraction of sp³-hybridized carbons (Fsp3) is 0.688. The molecule has 1 aromatic rings. The van der Waals surface area contributed by atoms with Crippen molar-refractivity contribution in [1.29, 1.82) is 0 Å². The Hall–Kier alpha value is -0.930. The summed E-state index contributed by atoms with van der Waals surface area (Å²) >= 11 is 0. The lowest BCUT2D eigenvalue weighted by Gasteiger charge is -2.44. The SMILES string of the molecule is Cc1ccnc2c1C(C(C)C)(C(C)C)OC21COC1. The first kappa shape index (κ1) is 13.1. The molecule has 3 heterocycles. The lowest BCUT2D eigenvalue weighted by atomic mass is 9.74. The Balaban J connectivity index is 2.26.